The van der Waals surface area contributed by atoms with Gasteiger partial charge in [-0.15, -0.1) is 0 Å². The van der Waals surface area contributed by atoms with Gasteiger partial charge in [-0.25, -0.2) is 0 Å². The Hall–Kier alpha value is -1.71. The van der Waals surface area contributed by atoms with Crippen LogP contribution in [0.4, 0.5) is 0 Å². The zero-order valence-corrected chi connectivity index (χ0v) is 11.2. The molecule has 4 heteroatoms. The Kier molecular flexibility index (Phi) is 4.66. The van der Waals surface area contributed by atoms with E-state index in [1.165, 1.54) is 0 Å². The second-order valence-electron chi connectivity index (χ2n) is 4.26. The monoisotopic (exact) mass is 277 g/mol. The molecule has 0 saturated carbocycles. The van der Waals surface area contributed by atoms with Crippen LogP contribution in [0, 0.1) is 0 Å². The summed E-state index contributed by atoms with van der Waals surface area (Å²) in [5.74, 6) is 0.668. The van der Waals surface area contributed by atoms with Crippen molar-refractivity contribution in [1.29, 1.82) is 0 Å². The highest BCUT2D eigenvalue weighted by Gasteiger charge is 2.11. The summed E-state index contributed by atoms with van der Waals surface area (Å²) in [6.45, 7) is 0.880. The van der Waals surface area contributed by atoms with Crippen LogP contribution in [0.5, 0.6) is 11.5 Å². The number of phenols is 1. The molecule has 0 fully saturated rings. The lowest BCUT2D eigenvalue weighted by atomic mass is 10.0. The smallest absolute Gasteiger partial charge is 0.160 e. The fourth-order valence-corrected chi connectivity index (χ4v) is 1.93. The molecular weight excluding hydrogens is 262 g/mol. The summed E-state index contributed by atoms with van der Waals surface area (Å²) >= 11 is 5.86. The van der Waals surface area contributed by atoms with E-state index in [0.717, 1.165) is 5.56 Å². The van der Waals surface area contributed by atoms with E-state index in [2.05, 4.69) is 0 Å². The van der Waals surface area contributed by atoms with Crippen molar-refractivity contribution in [2.24, 2.45) is 5.73 Å². The van der Waals surface area contributed by atoms with E-state index in [1.807, 2.05) is 30.3 Å². The maximum Gasteiger partial charge on any atom is 0.160 e. The molecule has 0 bridgehead atoms. The normalized spacial score (nSPS) is 12.1. The van der Waals surface area contributed by atoms with Gasteiger partial charge in [0.2, 0.25) is 0 Å². The minimum Gasteiger partial charge on any atom is -0.504 e. The molecule has 19 heavy (non-hydrogen) atoms. The number of halogens is 1. The number of hydrogen-bond donors (Lipinski definition) is 2. The van der Waals surface area contributed by atoms with Crippen LogP contribution in [-0.4, -0.2) is 18.3 Å². The van der Waals surface area contributed by atoms with Crippen molar-refractivity contribution < 1.29 is 9.84 Å². The first-order valence-corrected chi connectivity index (χ1v) is 6.45. The first-order valence-electron chi connectivity index (χ1n) is 6.07. The molecule has 2 aromatic carbocycles. The Labute approximate surface area is 117 Å². The molecule has 0 amide bonds. The number of rotatable bonds is 5. The minimum atomic E-state index is 0.0665. The third-order valence-electron chi connectivity index (χ3n) is 2.93. The first kappa shape index (κ1) is 13.7. The van der Waals surface area contributed by atoms with Crippen LogP contribution in [0.1, 0.15) is 11.5 Å². The summed E-state index contributed by atoms with van der Waals surface area (Å²) in [6, 6.07) is 14.4. The highest BCUT2D eigenvalue weighted by molar-refractivity contribution is 6.30. The Morgan fingerprint density at radius 3 is 2.42 bits per heavy atom. The van der Waals surface area contributed by atoms with Crippen molar-refractivity contribution >= 4 is 11.6 Å². The van der Waals surface area contributed by atoms with Crippen molar-refractivity contribution in [3.63, 3.8) is 0 Å². The molecule has 0 radical (unpaired) electrons. The highest BCUT2D eigenvalue weighted by atomic mass is 35.5. The molecule has 3 nitrogen and oxygen atoms in total. The maximum absolute atomic E-state index is 9.63. The third kappa shape index (κ3) is 3.63. The summed E-state index contributed by atoms with van der Waals surface area (Å²) in [4.78, 5) is 0. The predicted molar refractivity (Wildman–Crippen MR) is 76.8 cm³/mol. The van der Waals surface area contributed by atoms with Crippen LogP contribution in [0.2, 0.25) is 5.02 Å². The predicted octanol–water partition coefficient (Wildman–Crippen LogP) is 3.17. The molecule has 0 aliphatic heterocycles. The van der Waals surface area contributed by atoms with Crippen LogP contribution >= 0.6 is 11.6 Å². The first-order chi connectivity index (χ1) is 9.20. The van der Waals surface area contributed by atoms with Crippen molar-refractivity contribution in [2.75, 3.05) is 13.2 Å². The van der Waals surface area contributed by atoms with Gasteiger partial charge in [-0.1, -0.05) is 35.9 Å². The number of hydrogen-bond acceptors (Lipinski definition) is 3. The highest BCUT2D eigenvalue weighted by Crippen LogP contribution is 2.26. The van der Waals surface area contributed by atoms with E-state index < -0.39 is 0 Å². The molecule has 0 aromatic heterocycles. The van der Waals surface area contributed by atoms with Crippen molar-refractivity contribution in [3.8, 4) is 11.5 Å². The molecule has 0 heterocycles. The third-order valence-corrected chi connectivity index (χ3v) is 3.18. The Morgan fingerprint density at radius 1 is 1.11 bits per heavy atom. The molecule has 100 valence electrons. The van der Waals surface area contributed by atoms with E-state index in [9.17, 15) is 5.11 Å². The molecule has 0 spiro atoms. The van der Waals surface area contributed by atoms with Crippen molar-refractivity contribution in [1.82, 2.24) is 0 Å². The molecule has 0 saturated heterocycles. The molecule has 1 atom stereocenters. The van der Waals surface area contributed by atoms with E-state index in [1.54, 1.807) is 18.2 Å². The van der Waals surface area contributed by atoms with Crippen LogP contribution in [0.25, 0.3) is 0 Å². The lowest BCUT2D eigenvalue weighted by molar-refractivity contribution is 0.276. The summed E-state index contributed by atoms with van der Waals surface area (Å²) in [6.07, 6.45) is 0. The molecular formula is C15H16ClNO2. The molecule has 1 unspecified atom stereocenters. The SMILES string of the molecule is NCC(COc1ccccc1O)c1ccc(Cl)cc1. The summed E-state index contributed by atoms with van der Waals surface area (Å²) in [5, 5.41) is 10.3. The second-order valence-corrected chi connectivity index (χ2v) is 4.70. The van der Waals surface area contributed by atoms with Gasteiger partial charge in [-0.2, -0.15) is 0 Å². The largest absolute Gasteiger partial charge is 0.504 e. The molecule has 0 aliphatic carbocycles. The van der Waals surface area contributed by atoms with Crippen molar-refractivity contribution in [2.45, 2.75) is 5.92 Å². The van der Waals surface area contributed by atoms with Gasteiger partial charge in [0.1, 0.15) is 0 Å². The molecule has 2 aromatic rings. The van der Waals surface area contributed by atoms with Crippen LogP contribution < -0.4 is 10.5 Å². The lowest BCUT2D eigenvalue weighted by Crippen LogP contribution is -2.19. The fraction of sp³-hybridized carbons (Fsp3) is 0.200. The van der Waals surface area contributed by atoms with Gasteiger partial charge in [0.15, 0.2) is 11.5 Å². The van der Waals surface area contributed by atoms with Crippen LogP contribution in [0.15, 0.2) is 48.5 Å². The lowest BCUT2D eigenvalue weighted by Gasteiger charge is -2.16. The minimum absolute atomic E-state index is 0.0665. The van der Waals surface area contributed by atoms with Gasteiger partial charge in [0, 0.05) is 17.5 Å². The number of para-hydroxylation sites is 2. The molecule has 0 aliphatic rings. The molecule has 2 rings (SSSR count). The van der Waals surface area contributed by atoms with E-state index in [4.69, 9.17) is 22.1 Å². The zero-order chi connectivity index (χ0) is 13.7. The van der Waals surface area contributed by atoms with Crippen molar-refractivity contribution in [3.05, 3.63) is 59.1 Å². The Bertz CT molecular complexity index is 528. The standard InChI is InChI=1S/C15H16ClNO2/c16-13-7-5-11(6-8-13)12(9-17)10-19-15-4-2-1-3-14(15)18/h1-8,12,18H,9-10,17H2. The summed E-state index contributed by atoms with van der Waals surface area (Å²) < 4.78 is 5.61. The summed E-state index contributed by atoms with van der Waals surface area (Å²) in [7, 11) is 0. The van der Waals surface area contributed by atoms with Gasteiger partial charge in [0.05, 0.1) is 6.61 Å². The van der Waals surface area contributed by atoms with Gasteiger partial charge < -0.3 is 15.6 Å². The average molecular weight is 278 g/mol. The van der Waals surface area contributed by atoms with E-state index in [-0.39, 0.29) is 11.7 Å². The second kappa shape index (κ2) is 6.45. The van der Waals surface area contributed by atoms with Crippen LogP contribution in [-0.2, 0) is 0 Å². The number of nitrogens with two attached hydrogens (primary N) is 1. The fourth-order valence-electron chi connectivity index (χ4n) is 1.80. The topological polar surface area (TPSA) is 55.5 Å². The molecule has 3 N–H and O–H groups in total. The quantitative estimate of drug-likeness (QED) is 0.883. The van der Waals surface area contributed by atoms with E-state index in [0.29, 0.717) is 23.9 Å². The average Bonchev–Trinajstić information content (AvgIpc) is 2.43. The van der Waals surface area contributed by atoms with Gasteiger partial charge in [0.25, 0.3) is 0 Å². The Balaban J connectivity index is 2.04. The Morgan fingerprint density at radius 2 is 1.79 bits per heavy atom. The maximum atomic E-state index is 9.63. The number of ether oxygens (including phenoxy) is 1. The van der Waals surface area contributed by atoms with E-state index >= 15 is 0 Å². The summed E-state index contributed by atoms with van der Waals surface area (Å²) in [5.41, 5.74) is 6.84. The number of aromatic hydroxyl groups is 1. The van der Waals surface area contributed by atoms with Gasteiger partial charge in [-0.3, -0.25) is 0 Å². The van der Waals surface area contributed by atoms with Gasteiger partial charge >= 0.3 is 0 Å². The van der Waals surface area contributed by atoms with Crippen LogP contribution in [0.3, 0.4) is 0 Å². The number of phenolic OH excluding ortho intramolecular Hbond substituents is 1. The zero-order valence-electron chi connectivity index (χ0n) is 10.4. The van der Waals surface area contributed by atoms with Gasteiger partial charge in [-0.05, 0) is 29.8 Å². The number of benzene rings is 2.